The van der Waals surface area contributed by atoms with Crippen LogP contribution in [0.15, 0.2) is 134 Å². The summed E-state index contributed by atoms with van der Waals surface area (Å²) in [7, 11) is 0. The van der Waals surface area contributed by atoms with E-state index in [4.69, 9.17) is 9.47 Å². The molecule has 9 nitrogen and oxygen atoms in total. The van der Waals surface area contributed by atoms with Crippen molar-refractivity contribution < 1.29 is 39.8 Å². The van der Waals surface area contributed by atoms with Gasteiger partial charge in [0.1, 0.15) is 24.4 Å². The fourth-order valence-electron chi connectivity index (χ4n) is 8.69. The van der Waals surface area contributed by atoms with Gasteiger partial charge in [-0.1, -0.05) is 250 Å². The third-order valence-electron chi connectivity index (χ3n) is 13.5. The summed E-state index contributed by atoms with van der Waals surface area (Å²) in [6, 6.07) is -0.838. The number of allylic oxidation sites excluding steroid dienone is 21. The minimum absolute atomic E-state index is 0.203. The van der Waals surface area contributed by atoms with Crippen LogP contribution in [0.5, 0.6) is 0 Å². The zero-order chi connectivity index (χ0) is 55.0. The van der Waals surface area contributed by atoms with Crippen LogP contribution in [0, 0.1) is 0 Å². The van der Waals surface area contributed by atoms with Crippen molar-refractivity contribution >= 4 is 5.91 Å². The standard InChI is InChI=1S/C67H111NO8/c1-3-5-7-9-11-13-15-17-19-21-23-24-25-26-27-28-29-30-31-32-33-34-35-36-37-38-39-41-43-45-47-49-51-53-55-57-63(71)68-60(59-75-67-66(74)65(73)64(72)62(58-69)76-67)61(70)56-54-52-50-48-46-44-42-40-22-20-18-16-14-12-10-8-6-4-2/h5,7,11,13,17,19,23-24,26-27,29-30,32-33,35-36,38-39,46,48,54,56,60-62,64-67,69-70,72-74H,3-4,6,8-10,12,14-16,18,20-22,25,28,31,34,37,40-45,47,49-53,55,57-59H2,1-2H3,(H,68,71)/b7-5-,13-11-,19-17-,24-23-,27-26-,30-29-,33-32-,36-35-,39-38-,48-46+,56-54+. The molecule has 1 aliphatic heterocycles. The maximum atomic E-state index is 13.1. The summed E-state index contributed by atoms with van der Waals surface area (Å²) in [5, 5.41) is 54.5. The Morgan fingerprint density at radius 2 is 0.829 bits per heavy atom. The topological polar surface area (TPSA) is 149 Å². The van der Waals surface area contributed by atoms with Crippen molar-refractivity contribution in [3.63, 3.8) is 0 Å². The predicted octanol–water partition coefficient (Wildman–Crippen LogP) is 15.7. The molecule has 0 aliphatic carbocycles. The number of hydrogen-bond acceptors (Lipinski definition) is 8. The Kier molecular flexibility index (Phi) is 50.6. The molecule has 0 aromatic carbocycles. The van der Waals surface area contributed by atoms with Crippen LogP contribution >= 0.6 is 0 Å². The van der Waals surface area contributed by atoms with E-state index < -0.39 is 49.5 Å². The van der Waals surface area contributed by atoms with E-state index in [1.807, 2.05) is 6.08 Å². The van der Waals surface area contributed by atoms with Gasteiger partial charge in [0.15, 0.2) is 6.29 Å². The lowest BCUT2D eigenvalue weighted by Crippen LogP contribution is -2.60. The van der Waals surface area contributed by atoms with E-state index >= 15 is 0 Å². The molecule has 0 aromatic heterocycles. The molecular weight excluding hydrogens is 947 g/mol. The van der Waals surface area contributed by atoms with E-state index in [0.717, 1.165) is 109 Å². The Hall–Kier alpha value is -3.67. The number of carbonyl (C=O) groups is 1. The Balaban J connectivity index is 2.23. The van der Waals surface area contributed by atoms with Gasteiger partial charge in [-0.05, 0) is 103 Å². The van der Waals surface area contributed by atoms with E-state index in [9.17, 15) is 30.3 Å². The third kappa shape index (κ3) is 43.3. The van der Waals surface area contributed by atoms with E-state index in [1.54, 1.807) is 6.08 Å². The monoisotopic (exact) mass is 1060 g/mol. The predicted molar refractivity (Wildman–Crippen MR) is 322 cm³/mol. The van der Waals surface area contributed by atoms with Crippen molar-refractivity contribution in [2.75, 3.05) is 13.2 Å². The summed E-state index contributed by atoms with van der Waals surface area (Å²) >= 11 is 0. The molecule has 432 valence electrons. The molecule has 1 heterocycles. The molecule has 9 heteroatoms. The molecule has 6 N–H and O–H groups in total. The average Bonchev–Trinajstić information content (AvgIpc) is 3.42. The first-order valence-corrected chi connectivity index (χ1v) is 30.4. The third-order valence-corrected chi connectivity index (χ3v) is 13.5. The van der Waals surface area contributed by atoms with Gasteiger partial charge in [-0.15, -0.1) is 0 Å². The van der Waals surface area contributed by atoms with Crippen molar-refractivity contribution in [1.82, 2.24) is 5.32 Å². The Bertz CT molecular complexity index is 1650. The van der Waals surface area contributed by atoms with Crippen LogP contribution in [-0.4, -0.2) is 87.5 Å². The molecule has 0 saturated carbocycles. The van der Waals surface area contributed by atoms with E-state index in [2.05, 4.69) is 141 Å². The first kappa shape index (κ1) is 70.3. The normalized spacial score (nSPS) is 19.8. The second-order valence-electron chi connectivity index (χ2n) is 20.4. The summed E-state index contributed by atoms with van der Waals surface area (Å²) in [5.74, 6) is -0.203. The van der Waals surface area contributed by atoms with Gasteiger partial charge >= 0.3 is 0 Å². The molecule has 76 heavy (non-hydrogen) atoms. The SMILES string of the molecule is CC/C=C\C/C=C\C/C=C\C/C=C\C/C=C\C/C=C\C/C=C\C/C=C\C/C=C\CCCCCCCCCC(=O)NC(COC1OC(CO)C(O)C(O)C1O)C(O)/C=C/CC/C=C/CCCCCCCCCCCCCC. The minimum Gasteiger partial charge on any atom is -0.394 e. The highest BCUT2D eigenvalue weighted by atomic mass is 16.7. The number of rotatable bonds is 50. The van der Waals surface area contributed by atoms with Crippen molar-refractivity contribution in [1.29, 1.82) is 0 Å². The fourth-order valence-corrected chi connectivity index (χ4v) is 8.69. The second kappa shape index (κ2) is 54.7. The first-order valence-electron chi connectivity index (χ1n) is 30.4. The van der Waals surface area contributed by atoms with E-state index in [0.29, 0.717) is 6.42 Å². The van der Waals surface area contributed by atoms with Crippen LogP contribution in [0.4, 0.5) is 0 Å². The molecule has 1 fully saturated rings. The van der Waals surface area contributed by atoms with Gasteiger partial charge in [-0.25, -0.2) is 0 Å². The zero-order valence-corrected chi connectivity index (χ0v) is 48.0. The van der Waals surface area contributed by atoms with Gasteiger partial charge in [0.25, 0.3) is 0 Å². The van der Waals surface area contributed by atoms with Gasteiger partial charge in [0, 0.05) is 6.42 Å². The zero-order valence-electron chi connectivity index (χ0n) is 48.0. The molecule has 0 spiro atoms. The van der Waals surface area contributed by atoms with Crippen LogP contribution in [-0.2, 0) is 14.3 Å². The largest absolute Gasteiger partial charge is 0.394 e. The van der Waals surface area contributed by atoms with Crippen molar-refractivity contribution in [2.24, 2.45) is 0 Å². The van der Waals surface area contributed by atoms with Gasteiger partial charge < -0.3 is 40.3 Å². The van der Waals surface area contributed by atoms with Crippen LogP contribution in [0.3, 0.4) is 0 Å². The van der Waals surface area contributed by atoms with Crippen molar-refractivity contribution in [3.05, 3.63) is 134 Å². The number of aliphatic hydroxyl groups is 5. The highest BCUT2D eigenvalue weighted by Crippen LogP contribution is 2.23. The highest BCUT2D eigenvalue weighted by Gasteiger charge is 2.44. The van der Waals surface area contributed by atoms with E-state index in [-0.39, 0.29) is 12.5 Å². The first-order chi connectivity index (χ1) is 37.3. The number of carbonyl (C=O) groups excluding carboxylic acids is 1. The maximum Gasteiger partial charge on any atom is 0.220 e. The number of amides is 1. The number of ether oxygens (including phenoxy) is 2. The molecule has 0 radical (unpaired) electrons. The Morgan fingerprint density at radius 1 is 0.461 bits per heavy atom. The average molecular weight is 1060 g/mol. The van der Waals surface area contributed by atoms with Crippen LogP contribution in [0.2, 0.25) is 0 Å². The van der Waals surface area contributed by atoms with E-state index in [1.165, 1.54) is 96.3 Å². The van der Waals surface area contributed by atoms with Crippen LogP contribution < -0.4 is 5.32 Å². The molecule has 1 rings (SSSR count). The summed E-state index contributed by atoms with van der Waals surface area (Å²) in [6.07, 6.45) is 76.6. The lowest BCUT2D eigenvalue weighted by Gasteiger charge is -2.40. The highest BCUT2D eigenvalue weighted by molar-refractivity contribution is 5.76. The molecule has 1 saturated heterocycles. The van der Waals surface area contributed by atoms with Crippen molar-refractivity contribution in [2.45, 2.75) is 269 Å². The minimum atomic E-state index is -1.58. The summed E-state index contributed by atoms with van der Waals surface area (Å²) in [6.45, 7) is 3.64. The molecule has 0 bridgehead atoms. The fraction of sp³-hybridized carbons (Fsp3) is 0.657. The smallest absolute Gasteiger partial charge is 0.220 e. The maximum absolute atomic E-state index is 13.1. The lowest BCUT2D eigenvalue weighted by atomic mass is 9.99. The van der Waals surface area contributed by atoms with Gasteiger partial charge in [-0.2, -0.15) is 0 Å². The lowest BCUT2D eigenvalue weighted by molar-refractivity contribution is -0.302. The molecule has 0 aromatic rings. The Morgan fingerprint density at radius 3 is 1.26 bits per heavy atom. The molecule has 7 atom stereocenters. The van der Waals surface area contributed by atoms with Crippen LogP contribution in [0.1, 0.15) is 226 Å². The van der Waals surface area contributed by atoms with Gasteiger partial charge in [0.2, 0.25) is 5.91 Å². The van der Waals surface area contributed by atoms with Crippen molar-refractivity contribution in [3.8, 4) is 0 Å². The second-order valence-corrected chi connectivity index (χ2v) is 20.4. The summed E-state index contributed by atoms with van der Waals surface area (Å²) in [5.41, 5.74) is 0. The van der Waals surface area contributed by atoms with Gasteiger partial charge in [-0.3, -0.25) is 4.79 Å². The number of unbranched alkanes of at least 4 members (excludes halogenated alkanes) is 20. The molecular formula is C67H111NO8. The summed E-state index contributed by atoms with van der Waals surface area (Å²) < 4.78 is 11.3. The summed E-state index contributed by atoms with van der Waals surface area (Å²) in [4.78, 5) is 13.1. The molecule has 1 amide bonds. The number of aliphatic hydroxyl groups excluding tert-OH is 5. The molecule has 1 aliphatic rings. The quantitative estimate of drug-likeness (QED) is 0.0261. The number of hydrogen-bond donors (Lipinski definition) is 6. The van der Waals surface area contributed by atoms with Gasteiger partial charge in [0.05, 0.1) is 25.4 Å². The van der Waals surface area contributed by atoms with Crippen LogP contribution in [0.25, 0.3) is 0 Å². The number of nitrogens with one attached hydrogen (secondary N) is 1. The molecule has 7 unspecified atom stereocenters. The Labute approximate surface area is 464 Å².